The van der Waals surface area contributed by atoms with Crippen molar-refractivity contribution in [1.29, 1.82) is 0 Å². The number of hydrogen-bond acceptors (Lipinski definition) is 6. The maximum atomic E-state index is 13.0. The number of aromatic nitrogens is 3. The Labute approximate surface area is 124 Å². The summed E-state index contributed by atoms with van der Waals surface area (Å²) in [7, 11) is 0. The average Bonchev–Trinajstić information content (AvgIpc) is 2.41. The van der Waals surface area contributed by atoms with Crippen LogP contribution in [0.25, 0.3) is 0 Å². The molecule has 2 N–H and O–H groups in total. The van der Waals surface area contributed by atoms with Crippen LogP contribution < -0.4 is 10.5 Å². The van der Waals surface area contributed by atoms with Gasteiger partial charge in [0.15, 0.2) is 17.1 Å². The second-order valence-corrected chi connectivity index (χ2v) is 5.05. The van der Waals surface area contributed by atoms with E-state index in [0.717, 1.165) is 0 Å². The summed E-state index contributed by atoms with van der Waals surface area (Å²) in [6.45, 7) is 1.75. The minimum atomic E-state index is -0.492. The van der Waals surface area contributed by atoms with E-state index in [1.54, 1.807) is 6.92 Å². The van der Waals surface area contributed by atoms with Crippen LogP contribution in [0.1, 0.15) is 18.9 Å². The van der Waals surface area contributed by atoms with E-state index < -0.39 is 11.9 Å². The smallest absolute Gasteiger partial charge is 0.224 e. The number of nitrogen functional groups attached to an aromatic ring is 1. The Morgan fingerprint density at radius 1 is 1.35 bits per heavy atom. The lowest BCUT2D eigenvalue weighted by molar-refractivity contribution is 0.215. The van der Waals surface area contributed by atoms with E-state index in [0.29, 0.717) is 16.7 Å². The van der Waals surface area contributed by atoms with Crippen molar-refractivity contribution in [1.82, 2.24) is 15.0 Å². The number of benzene rings is 1. The third-order valence-corrected chi connectivity index (χ3v) is 3.24. The van der Waals surface area contributed by atoms with Gasteiger partial charge in [0.05, 0.1) is 5.02 Å². The van der Waals surface area contributed by atoms with Gasteiger partial charge in [0.1, 0.15) is 11.6 Å². The molecule has 5 nitrogen and oxygen atoms in total. The molecule has 0 amide bonds. The topological polar surface area (TPSA) is 73.9 Å². The van der Waals surface area contributed by atoms with Gasteiger partial charge in [-0.1, -0.05) is 23.4 Å². The van der Waals surface area contributed by atoms with Crippen LogP contribution in [0.3, 0.4) is 0 Å². The molecule has 2 aromatic rings. The predicted molar refractivity (Wildman–Crippen MR) is 76.5 cm³/mol. The molecule has 0 aliphatic heterocycles. The normalized spacial score (nSPS) is 12.2. The number of rotatable bonds is 4. The predicted octanol–water partition coefficient (Wildman–Crippen LogP) is 3.11. The highest BCUT2D eigenvalue weighted by Gasteiger charge is 2.15. The second-order valence-electron chi connectivity index (χ2n) is 3.87. The molecule has 0 aliphatic rings. The lowest BCUT2D eigenvalue weighted by atomic mass is 10.3. The Bertz CT molecular complexity index is 628. The molecule has 0 spiro atoms. The van der Waals surface area contributed by atoms with Gasteiger partial charge in [0, 0.05) is 0 Å². The first-order valence-corrected chi connectivity index (χ1v) is 7.27. The van der Waals surface area contributed by atoms with Crippen molar-refractivity contribution < 1.29 is 9.13 Å². The molecule has 0 bridgehead atoms. The molecular formula is C12H12ClFN4OS. The maximum absolute atomic E-state index is 13.0. The molecule has 0 saturated heterocycles. The van der Waals surface area contributed by atoms with E-state index in [9.17, 15) is 4.39 Å². The zero-order valence-corrected chi connectivity index (χ0v) is 12.4. The lowest BCUT2D eigenvalue weighted by Gasteiger charge is -2.15. The molecule has 1 aromatic carbocycles. The Morgan fingerprint density at radius 2 is 2.10 bits per heavy atom. The molecule has 1 heterocycles. The molecule has 8 heteroatoms. The van der Waals surface area contributed by atoms with Crippen LogP contribution in [0.4, 0.5) is 10.3 Å². The summed E-state index contributed by atoms with van der Waals surface area (Å²) in [4.78, 5) is 12.2. The van der Waals surface area contributed by atoms with Crippen LogP contribution in [-0.4, -0.2) is 21.2 Å². The van der Waals surface area contributed by atoms with Gasteiger partial charge in [-0.2, -0.15) is 9.97 Å². The molecule has 0 radical (unpaired) electrons. The third-order valence-electron chi connectivity index (χ3n) is 2.39. The van der Waals surface area contributed by atoms with Crippen molar-refractivity contribution in [3.8, 4) is 5.75 Å². The van der Waals surface area contributed by atoms with Gasteiger partial charge < -0.3 is 10.5 Å². The van der Waals surface area contributed by atoms with E-state index in [2.05, 4.69) is 15.0 Å². The number of halogens is 2. The van der Waals surface area contributed by atoms with Crippen molar-refractivity contribution in [2.24, 2.45) is 0 Å². The summed E-state index contributed by atoms with van der Waals surface area (Å²) in [6.07, 6.45) is 1.34. The maximum Gasteiger partial charge on any atom is 0.224 e. The Kier molecular flexibility index (Phi) is 4.61. The summed E-state index contributed by atoms with van der Waals surface area (Å²) < 4.78 is 18.6. The number of ether oxygens (including phenoxy) is 1. The molecule has 1 atom stereocenters. The molecule has 0 saturated carbocycles. The Hall–Kier alpha value is -1.60. The fourth-order valence-electron chi connectivity index (χ4n) is 1.48. The molecule has 1 unspecified atom stereocenters. The van der Waals surface area contributed by atoms with Crippen LogP contribution in [0.5, 0.6) is 5.75 Å². The van der Waals surface area contributed by atoms with Crippen molar-refractivity contribution in [3.63, 3.8) is 0 Å². The number of nitrogens with two attached hydrogens (primary N) is 1. The quantitative estimate of drug-likeness (QED) is 0.874. The van der Waals surface area contributed by atoms with E-state index >= 15 is 0 Å². The molecule has 2 rings (SSSR count). The van der Waals surface area contributed by atoms with Crippen LogP contribution in [0.15, 0.2) is 23.4 Å². The standard InChI is InChI=1S/C12H12ClFN4OS/c1-6(10-16-11(15)18-12(17-10)20-2)19-9-4-3-7(14)5-8(9)13/h3-6H,1-2H3,(H2,15,16,17,18). The van der Waals surface area contributed by atoms with Crippen LogP contribution in [0.2, 0.25) is 5.02 Å². The fourth-order valence-corrected chi connectivity index (χ4v) is 2.06. The number of thioether (sulfide) groups is 1. The van der Waals surface area contributed by atoms with Crippen molar-refractivity contribution >= 4 is 29.3 Å². The van der Waals surface area contributed by atoms with Crippen LogP contribution in [-0.2, 0) is 0 Å². The molecule has 20 heavy (non-hydrogen) atoms. The molecule has 1 aromatic heterocycles. The zero-order chi connectivity index (χ0) is 14.7. The van der Waals surface area contributed by atoms with Crippen molar-refractivity contribution in [3.05, 3.63) is 34.9 Å². The number of anilines is 1. The third kappa shape index (κ3) is 3.49. The number of hydrogen-bond donors (Lipinski definition) is 1. The van der Waals surface area contributed by atoms with E-state index in [1.165, 1.54) is 30.0 Å². The van der Waals surface area contributed by atoms with E-state index in [-0.39, 0.29) is 11.0 Å². The monoisotopic (exact) mass is 314 g/mol. The minimum Gasteiger partial charge on any atom is -0.481 e. The van der Waals surface area contributed by atoms with Gasteiger partial charge in [-0.15, -0.1) is 0 Å². The zero-order valence-electron chi connectivity index (χ0n) is 10.8. The van der Waals surface area contributed by atoms with Gasteiger partial charge in [0.25, 0.3) is 0 Å². The number of nitrogens with zero attached hydrogens (tertiary/aromatic N) is 3. The minimum absolute atomic E-state index is 0.125. The average molecular weight is 315 g/mol. The molecular weight excluding hydrogens is 303 g/mol. The molecule has 106 valence electrons. The Balaban J connectivity index is 2.23. The first kappa shape index (κ1) is 14.8. The SMILES string of the molecule is CSc1nc(N)nc(C(C)Oc2ccc(F)cc2Cl)n1. The summed E-state index contributed by atoms with van der Waals surface area (Å²) in [5, 5.41) is 0.692. The van der Waals surface area contributed by atoms with Crippen molar-refractivity contribution in [2.45, 2.75) is 18.2 Å². The Morgan fingerprint density at radius 3 is 2.75 bits per heavy atom. The van der Waals surface area contributed by atoms with Crippen LogP contribution in [0, 0.1) is 5.82 Å². The highest BCUT2D eigenvalue weighted by molar-refractivity contribution is 7.98. The largest absolute Gasteiger partial charge is 0.481 e. The summed E-state index contributed by atoms with van der Waals surface area (Å²) in [5.41, 5.74) is 5.61. The summed E-state index contributed by atoms with van der Waals surface area (Å²) >= 11 is 7.26. The van der Waals surface area contributed by atoms with E-state index in [1.807, 2.05) is 6.26 Å². The van der Waals surface area contributed by atoms with Crippen LogP contribution >= 0.6 is 23.4 Å². The van der Waals surface area contributed by atoms with Gasteiger partial charge >= 0.3 is 0 Å². The highest BCUT2D eigenvalue weighted by Crippen LogP contribution is 2.29. The van der Waals surface area contributed by atoms with Gasteiger partial charge in [-0.3, -0.25) is 0 Å². The first-order chi connectivity index (χ1) is 9.49. The second kappa shape index (κ2) is 6.23. The summed E-state index contributed by atoms with van der Waals surface area (Å²) in [6, 6.07) is 3.90. The van der Waals surface area contributed by atoms with Gasteiger partial charge in [-0.25, -0.2) is 9.37 Å². The summed E-state index contributed by atoms with van der Waals surface area (Å²) in [5.74, 6) is 0.441. The lowest BCUT2D eigenvalue weighted by Crippen LogP contribution is -2.11. The highest BCUT2D eigenvalue weighted by atomic mass is 35.5. The first-order valence-electron chi connectivity index (χ1n) is 5.66. The van der Waals surface area contributed by atoms with E-state index in [4.69, 9.17) is 22.1 Å². The molecule has 0 fully saturated rings. The van der Waals surface area contributed by atoms with Gasteiger partial charge in [-0.05, 0) is 31.4 Å². The van der Waals surface area contributed by atoms with Gasteiger partial charge in [0.2, 0.25) is 5.95 Å². The molecule has 0 aliphatic carbocycles. The fraction of sp³-hybridized carbons (Fsp3) is 0.250. The van der Waals surface area contributed by atoms with Crippen molar-refractivity contribution in [2.75, 3.05) is 12.0 Å².